The standard InChI is InChI=1S/C18H17BrN2O5S/c1-2-27(25,26)21-13-6-3-11(4-7-13)16(22)10-18(24)14-9-12(19)5-8-15(14)20-17(18)23/h3-9,21,24H,2,10H2,1H3,(H,20,23)/t18-/m1/s1. The van der Waals surface area contributed by atoms with Crippen molar-refractivity contribution >= 4 is 49.0 Å². The fourth-order valence-electron chi connectivity index (χ4n) is 2.80. The first-order valence-corrected chi connectivity index (χ1v) is 10.6. The van der Waals surface area contributed by atoms with Crippen molar-refractivity contribution < 1.29 is 23.1 Å². The van der Waals surface area contributed by atoms with Crippen LogP contribution in [0.2, 0.25) is 0 Å². The maximum Gasteiger partial charge on any atom is 0.261 e. The van der Waals surface area contributed by atoms with E-state index in [-0.39, 0.29) is 11.3 Å². The van der Waals surface area contributed by atoms with E-state index in [0.717, 1.165) is 0 Å². The molecule has 1 amide bonds. The van der Waals surface area contributed by atoms with Crippen molar-refractivity contribution in [3.05, 3.63) is 58.1 Å². The van der Waals surface area contributed by atoms with Crippen LogP contribution >= 0.6 is 15.9 Å². The normalized spacial score (nSPS) is 18.7. The van der Waals surface area contributed by atoms with E-state index in [1.807, 2.05) is 0 Å². The molecule has 0 radical (unpaired) electrons. The number of halogens is 1. The Labute approximate surface area is 165 Å². The van der Waals surface area contributed by atoms with Crippen LogP contribution in [-0.4, -0.2) is 31.0 Å². The summed E-state index contributed by atoms with van der Waals surface area (Å²) in [7, 11) is -3.41. The fraction of sp³-hybridized carbons (Fsp3) is 0.222. The van der Waals surface area contributed by atoms with Crippen LogP contribution in [0.25, 0.3) is 0 Å². The second-order valence-corrected chi connectivity index (χ2v) is 9.11. The van der Waals surface area contributed by atoms with Gasteiger partial charge in [0, 0.05) is 27.0 Å². The van der Waals surface area contributed by atoms with E-state index in [4.69, 9.17) is 0 Å². The van der Waals surface area contributed by atoms with Crippen molar-refractivity contribution in [1.29, 1.82) is 0 Å². The van der Waals surface area contributed by atoms with Crippen molar-refractivity contribution in [2.24, 2.45) is 0 Å². The number of nitrogens with one attached hydrogen (secondary N) is 2. The molecule has 142 valence electrons. The second kappa shape index (κ2) is 7.06. The molecule has 0 bridgehead atoms. The number of Topliss-reactive ketones (excluding diaryl/α,β-unsaturated/α-hetero) is 1. The number of fused-ring (bicyclic) bond motifs is 1. The van der Waals surface area contributed by atoms with E-state index >= 15 is 0 Å². The van der Waals surface area contributed by atoms with Gasteiger partial charge in [-0.25, -0.2) is 8.42 Å². The molecule has 3 rings (SSSR count). The number of hydrogen-bond donors (Lipinski definition) is 3. The summed E-state index contributed by atoms with van der Waals surface area (Å²) in [6.45, 7) is 1.52. The molecule has 3 N–H and O–H groups in total. The van der Waals surface area contributed by atoms with Crippen molar-refractivity contribution in [3.63, 3.8) is 0 Å². The molecule has 0 unspecified atom stereocenters. The minimum Gasteiger partial charge on any atom is -0.375 e. The highest BCUT2D eigenvalue weighted by Crippen LogP contribution is 2.40. The third kappa shape index (κ3) is 3.90. The number of carbonyl (C=O) groups is 2. The number of sulfonamides is 1. The smallest absolute Gasteiger partial charge is 0.261 e. The molecule has 2 aromatic carbocycles. The van der Waals surface area contributed by atoms with Crippen molar-refractivity contribution in [3.8, 4) is 0 Å². The lowest BCUT2D eigenvalue weighted by atomic mass is 9.88. The molecule has 0 fully saturated rings. The molecule has 7 nitrogen and oxygen atoms in total. The molecule has 0 aromatic heterocycles. The van der Waals surface area contributed by atoms with Crippen LogP contribution in [0, 0.1) is 0 Å². The summed E-state index contributed by atoms with van der Waals surface area (Å²) >= 11 is 3.29. The molecule has 0 spiro atoms. The van der Waals surface area contributed by atoms with Gasteiger partial charge in [-0.3, -0.25) is 14.3 Å². The van der Waals surface area contributed by atoms with Gasteiger partial charge >= 0.3 is 0 Å². The van der Waals surface area contributed by atoms with Gasteiger partial charge in [0.2, 0.25) is 10.0 Å². The molecule has 0 saturated carbocycles. The van der Waals surface area contributed by atoms with E-state index in [9.17, 15) is 23.1 Å². The molecule has 1 atom stereocenters. The van der Waals surface area contributed by atoms with Crippen molar-refractivity contribution in [2.45, 2.75) is 18.9 Å². The number of hydrogen-bond acceptors (Lipinski definition) is 5. The third-order valence-electron chi connectivity index (χ3n) is 4.33. The van der Waals surface area contributed by atoms with Crippen LogP contribution in [0.1, 0.15) is 29.3 Å². The Morgan fingerprint density at radius 1 is 1.22 bits per heavy atom. The van der Waals surface area contributed by atoms with Crippen LogP contribution in [-0.2, 0) is 20.4 Å². The van der Waals surface area contributed by atoms with Gasteiger partial charge in [0.15, 0.2) is 11.4 Å². The lowest BCUT2D eigenvalue weighted by Gasteiger charge is -2.20. The summed E-state index contributed by atoms with van der Waals surface area (Å²) in [4.78, 5) is 24.9. The van der Waals surface area contributed by atoms with Gasteiger partial charge in [-0.2, -0.15) is 0 Å². The Morgan fingerprint density at radius 2 is 1.89 bits per heavy atom. The first kappa shape index (κ1) is 19.5. The summed E-state index contributed by atoms with van der Waals surface area (Å²) < 4.78 is 26.2. The van der Waals surface area contributed by atoms with E-state index in [0.29, 0.717) is 21.4 Å². The highest BCUT2D eigenvalue weighted by atomic mass is 79.9. The van der Waals surface area contributed by atoms with E-state index in [2.05, 4.69) is 26.0 Å². The van der Waals surface area contributed by atoms with Gasteiger partial charge < -0.3 is 10.4 Å². The molecule has 0 aliphatic carbocycles. The first-order chi connectivity index (χ1) is 12.6. The Morgan fingerprint density at radius 3 is 2.52 bits per heavy atom. The summed E-state index contributed by atoms with van der Waals surface area (Å²) in [5.41, 5.74) is -0.567. The zero-order valence-corrected chi connectivity index (χ0v) is 16.7. The second-order valence-electron chi connectivity index (χ2n) is 6.19. The van der Waals surface area contributed by atoms with Gasteiger partial charge in [0.05, 0.1) is 12.2 Å². The zero-order valence-electron chi connectivity index (χ0n) is 14.3. The van der Waals surface area contributed by atoms with Gasteiger partial charge in [-0.15, -0.1) is 0 Å². The monoisotopic (exact) mass is 452 g/mol. The Bertz CT molecular complexity index is 1020. The zero-order chi connectivity index (χ0) is 19.8. The lowest BCUT2D eigenvalue weighted by Crippen LogP contribution is -2.36. The summed E-state index contributed by atoms with van der Waals surface area (Å²) in [5, 5.41) is 13.4. The fourth-order valence-corrected chi connectivity index (χ4v) is 3.80. The van der Waals surface area contributed by atoms with Gasteiger partial charge in [-0.1, -0.05) is 15.9 Å². The SMILES string of the molecule is CCS(=O)(=O)Nc1ccc(C(=O)C[C@]2(O)C(=O)Nc3ccc(Br)cc32)cc1. The number of aliphatic hydroxyl groups is 1. The predicted molar refractivity (Wildman–Crippen MR) is 105 cm³/mol. The minimum atomic E-state index is -3.41. The molecule has 1 aliphatic heterocycles. The van der Waals surface area contributed by atoms with E-state index in [1.54, 1.807) is 18.2 Å². The molecular formula is C18H17BrN2O5S. The van der Waals surface area contributed by atoms with Gasteiger partial charge in [0.1, 0.15) is 0 Å². The average Bonchev–Trinajstić information content (AvgIpc) is 2.86. The topological polar surface area (TPSA) is 113 Å². The van der Waals surface area contributed by atoms with Gasteiger partial charge in [0.25, 0.3) is 5.91 Å². The van der Waals surface area contributed by atoms with Crippen LogP contribution in [0.4, 0.5) is 11.4 Å². The average molecular weight is 453 g/mol. The molecule has 2 aromatic rings. The van der Waals surface area contributed by atoms with E-state index < -0.39 is 33.7 Å². The Kier molecular flexibility index (Phi) is 5.11. The highest BCUT2D eigenvalue weighted by Gasteiger charge is 2.46. The summed E-state index contributed by atoms with van der Waals surface area (Å²) in [5.74, 6) is -1.16. The van der Waals surface area contributed by atoms with Crippen LogP contribution in [0.5, 0.6) is 0 Å². The van der Waals surface area contributed by atoms with Gasteiger partial charge in [-0.05, 0) is 49.4 Å². The van der Waals surface area contributed by atoms with Crippen LogP contribution < -0.4 is 10.0 Å². The Hall–Kier alpha value is -2.23. The van der Waals surface area contributed by atoms with Crippen LogP contribution in [0.15, 0.2) is 46.9 Å². The number of ketones is 1. The molecule has 0 saturated heterocycles. The van der Waals surface area contributed by atoms with Crippen molar-refractivity contribution in [1.82, 2.24) is 0 Å². The summed E-state index contributed by atoms with van der Waals surface area (Å²) in [6.07, 6.45) is -0.428. The van der Waals surface area contributed by atoms with E-state index in [1.165, 1.54) is 31.2 Å². The number of carbonyl (C=O) groups excluding carboxylic acids is 2. The predicted octanol–water partition coefficient (Wildman–Crippen LogP) is 2.62. The van der Waals surface area contributed by atoms with Crippen LogP contribution in [0.3, 0.4) is 0 Å². The number of rotatable bonds is 6. The Balaban J connectivity index is 1.82. The maximum atomic E-state index is 12.6. The molecule has 1 aliphatic rings. The molecular weight excluding hydrogens is 436 g/mol. The third-order valence-corrected chi connectivity index (χ3v) is 6.13. The minimum absolute atomic E-state index is 0.0647. The molecule has 1 heterocycles. The number of amides is 1. The maximum absolute atomic E-state index is 12.6. The quantitative estimate of drug-likeness (QED) is 0.583. The number of benzene rings is 2. The highest BCUT2D eigenvalue weighted by molar-refractivity contribution is 9.10. The largest absolute Gasteiger partial charge is 0.375 e. The van der Waals surface area contributed by atoms with Crippen molar-refractivity contribution in [2.75, 3.05) is 15.8 Å². The lowest BCUT2D eigenvalue weighted by molar-refractivity contribution is -0.133. The summed E-state index contributed by atoms with van der Waals surface area (Å²) in [6, 6.07) is 10.8. The molecule has 27 heavy (non-hydrogen) atoms. The molecule has 9 heteroatoms. The number of anilines is 2. The first-order valence-electron chi connectivity index (χ1n) is 8.12.